The zero-order chi connectivity index (χ0) is 25.3. The molecule has 3 aliphatic carbocycles. The first-order valence-corrected chi connectivity index (χ1v) is 14.1. The fraction of sp³-hybridized carbons (Fsp3) is 0.966. The predicted octanol–water partition coefficient (Wildman–Crippen LogP) is 7.45. The lowest BCUT2D eigenvalue weighted by Gasteiger charge is -2.39. The van der Waals surface area contributed by atoms with Crippen LogP contribution in [-0.2, 0) is 23.7 Å². The smallest absolute Gasteiger partial charge is 0.168 e. The number of Topliss-reactive ketones (excluding diaryl/α,β-unsaturated/α-hetero) is 1. The van der Waals surface area contributed by atoms with Crippen molar-refractivity contribution < 1.29 is 23.7 Å². The van der Waals surface area contributed by atoms with Gasteiger partial charge in [0, 0.05) is 38.5 Å². The third-order valence-corrected chi connectivity index (χ3v) is 8.19. The van der Waals surface area contributed by atoms with Gasteiger partial charge in [0.2, 0.25) is 0 Å². The monoisotopic (exact) mass is 482 g/mol. The van der Waals surface area contributed by atoms with Gasteiger partial charge in [0.1, 0.15) is 5.78 Å². The first-order valence-electron chi connectivity index (χ1n) is 14.1. The van der Waals surface area contributed by atoms with E-state index in [0.717, 1.165) is 83.7 Å². The van der Waals surface area contributed by atoms with Gasteiger partial charge in [-0.05, 0) is 55.3 Å². The molecule has 34 heavy (non-hydrogen) atoms. The van der Waals surface area contributed by atoms with Crippen LogP contribution in [0, 0.1) is 16.7 Å². The number of hydrogen-bond donors (Lipinski definition) is 0. The van der Waals surface area contributed by atoms with E-state index >= 15 is 0 Å². The van der Waals surface area contributed by atoms with E-state index in [1.54, 1.807) is 0 Å². The van der Waals surface area contributed by atoms with Crippen molar-refractivity contribution in [1.82, 2.24) is 0 Å². The van der Waals surface area contributed by atoms with Crippen LogP contribution in [0.2, 0.25) is 0 Å². The molecule has 2 saturated heterocycles. The standard InChI is InChI=1S/C10H18O2.C9H16O2.C8H14O.C2H6/c1-9(2)3-5-10(6-4-9)11-7-8-12-10;1-8-2-4-9(5-3-8)10-6-7-11-9;1-8(2)5-3-7(9)4-6-8;1-2/h3-8H2,1-2H3;8H,2-7H2,1H3;3-6H2,1-2H3;1-2H3. The van der Waals surface area contributed by atoms with Gasteiger partial charge in [-0.15, -0.1) is 0 Å². The second-order valence-electron chi connectivity index (χ2n) is 12.3. The predicted molar refractivity (Wildman–Crippen MR) is 138 cm³/mol. The zero-order valence-corrected chi connectivity index (χ0v) is 23.4. The molecule has 0 unspecified atom stereocenters. The number of carbonyl (C=O) groups is 1. The number of rotatable bonds is 0. The van der Waals surface area contributed by atoms with Crippen molar-refractivity contribution in [2.24, 2.45) is 16.7 Å². The van der Waals surface area contributed by atoms with Crippen molar-refractivity contribution in [3.8, 4) is 0 Å². The van der Waals surface area contributed by atoms with E-state index in [1.807, 2.05) is 13.8 Å². The number of ketones is 1. The molecule has 0 aromatic heterocycles. The van der Waals surface area contributed by atoms with Crippen molar-refractivity contribution in [3.63, 3.8) is 0 Å². The average Bonchev–Trinajstić information content (AvgIpc) is 3.48. The Morgan fingerprint density at radius 1 is 0.588 bits per heavy atom. The number of carbonyl (C=O) groups excluding carboxylic acids is 1. The lowest BCUT2D eigenvalue weighted by atomic mass is 9.75. The highest BCUT2D eigenvalue weighted by atomic mass is 16.7. The van der Waals surface area contributed by atoms with Gasteiger partial charge in [0.05, 0.1) is 26.4 Å². The summed E-state index contributed by atoms with van der Waals surface area (Å²) in [6, 6.07) is 0. The molecule has 2 spiro atoms. The van der Waals surface area contributed by atoms with E-state index in [9.17, 15) is 4.79 Å². The van der Waals surface area contributed by atoms with Crippen molar-refractivity contribution in [1.29, 1.82) is 0 Å². The third-order valence-electron chi connectivity index (χ3n) is 8.19. The van der Waals surface area contributed by atoms with Gasteiger partial charge in [0.25, 0.3) is 0 Å². The Morgan fingerprint density at radius 2 is 0.941 bits per heavy atom. The Bertz CT molecular complexity index is 566. The van der Waals surface area contributed by atoms with Crippen LogP contribution in [0.3, 0.4) is 0 Å². The highest BCUT2D eigenvalue weighted by Crippen LogP contribution is 2.44. The maximum Gasteiger partial charge on any atom is 0.168 e. The fourth-order valence-corrected chi connectivity index (χ4v) is 5.29. The molecule has 2 heterocycles. The number of hydrogen-bond acceptors (Lipinski definition) is 5. The van der Waals surface area contributed by atoms with E-state index in [2.05, 4.69) is 34.6 Å². The maximum atomic E-state index is 10.8. The van der Waals surface area contributed by atoms with Crippen molar-refractivity contribution in [2.75, 3.05) is 26.4 Å². The molecule has 0 bridgehead atoms. The summed E-state index contributed by atoms with van der Waals surface area (Å²) in [6.45, 7) is 18.6. The Balaban J connectivity index is 0.000000175. The molecule has 200 valence electrons. The normalized spacial score (nSPS) is 30.3. The molecule has 0 N–H and O–H groups in total. The molecule has 5 rings (SSSR count). The summed E-state index contributed by atoms with van der Waals surface area (Å²) < 4.78 is 22.5. The van der Waals surface area contributed by atoms with Crippen molar-refractivity contribution in [3.05, 3.63) is 0 Å². The summed E-state index contributed by atoms with van der Waals surface area (Å²) in [6.07, 6.45) is 13.2. The fourth-order valence-electron chi connectivity index (χ4n) is 5.29. The van der Waals surface area contributed by atoms with Crippen LogP contribution in [-0.4, -0.2) is 43.8 Å². The zero-order valence-electron chi connectivity index (χ0n) is 23.4. The molecular weight excluding hydrogens is 428 g/mol. The lowest BCUT2D eigenvalue weighted by molar-refractivity contribution is -0.188. The minimum Gasteiger partial charge on any atom is -0.348 e. The first kappa shape index (κ1) is 29.7. The van der Waals surface area contributed by atoms with Gasteiger partial charge in [-0.2, -0.15) is 0 Å². The van der Waals surface area contributed by atoms with Gasteiger partial charge >= 0.3 is 0 Å². The molecule has 5 fully saturated rings. The summed E-state index contributed by atoms with van der Waals surface area (Å²) in [5.41, 5.74) is 0.939. The van der Waals surface area contributed by atoms with Crippen LogP contribution in [0.1, 0.15) is 126 Å². The Hall–Kier alpha value is -0.490. The average molecular weight is 483 g/mol. The minimum atomic E-state index is -0.171. The van der Waals surface area contributed by atoms with E-state index in [-0.39, 0.29) is 11.6 Å². The molecule has 0 radical (unpaired) electrons. The first-order chi connectivity index (χ1) is 16.0. The molecule has 5 nitrogen and oxygen atoms in total. The second kappa shape index (κ2) is 13.2. The van der Waals surface area contributed by atoms with Gasteiger partial charge in [0.15, 0.2) is 11.6 Å². The Kier molecular flexibility index (Phi) is 11.5. The van der Waals surface area contributed by atoms with Gasteiger partial charge in [-0.1, -0.05) is 48.5 Å². The van der Waals surface area contributed by atoms with Gasteiger partial charge in [-0.25, -0.2) is 0 Å². The molecular formula is C29H54O5. The van der Waals surface area contributed by atoms with Gasteiger partial charge in [-0.3, -0.25) is 4.79 Å². The highest BCUT2D eigenvalue weighted by molar-refractivity contribution is 5.79. The quantitative estimate of drug-likeness (QED) is 0.359. The summed E-state index contributed by atoms with van der Waals surface area (Å²) in [5.74, 6) is 1.00. The van der Waals surface area contributed by atoms with Crippen molar-refractivity contribution in [2.45, 2.75) is 137 Å². The van der Waals surface area contributed by atoms with Crippen LogP contribution in [0.25, 0.3) is 0 Å². The summed E-state index contributed by atoms with van der Waals surface area (Å²) >= 11 is 0. The van der Waals surface area contributed by atoms with Crippen LogP contribution in [0.5, 0.6) is 0 Å². The van der Waals surface area contributed by atoms with E-state index in [4.69, 9.17) is 18.9 Å². The van der Waals surface area contributed by atoms with E-state index < -0.39 is 0 Å². The van der Waals surface area contributed by atoms with Crippen molar-refractivity contribution >= 4 is 5.78 Å². The molecule has 5 aliphatic rings. The van der Waals surface area contributed by atoms with Crippen LogP contribution < -0.4 is 0 Å². The Morgan fingerprint density at radius 3 is 1.32 bits per heavy atom. The highest BCUT2D eigenvalue weighted by Gasteiger charge is 2.42. The molecule has 0 aromatic rings. The van der Waals surface area contributed by atoms with Crippen LogP contribution >= 0.6 is 0 Å². The largest absolute Gasteiger partial charge is 0.348 e. The van der Waals surface area contributed by atoms with E-state index in [1.165, 1.54) is 25.7 Å². The molecule has 0 atom stereocenters. The second-order valence-corrected chi connectivity index (χ2v) is 12.3. The molecule has 3 saturated carbocycles. The summed E-state index contributed by atoms with van der Waals surface area (Å²) in [4.78, 5) is 10.8. The molecule has 2 aliphatic heterocycles. The molecule has 0 aromatic carbocycles. The maximum absolute atomic E-state index is 10.8. The van der Waals surface area contributed by atoms with E-state index in [0.29, 0.717) is 16.6 Å². The Labute approximate surface area is 210 Å². The minimum absolute atomic E-state index is 0.146. The summed E-state index contributed by atoms with van der Waals surface area (Å²) in [7, 11) is 0. The SMILES string of the molecule is CC.CC1(C)CCC(=O)CC1.CC1(C)CCC2(CC1)OCCO2.CC1CCC2(CC1)OCCO2. The third kappa shape index (κ3) is 9.52. The number of ether oxygens (including phenoxy) is 4. The van der Waals surface area contributed by atoms with Gasteiger partial charge < -0.3 is 18.9 Å². The lowest BCUT2D eigenvalue weighted by Crippen LogP contribution is -2.37. The van der Waals surface area contributed by atoms with Crippen LogP contribution in [0.15, 0.2) is 0 Å². The molecule has 5 heteroatoms. The summed E-state index contributed by atoms with van der Waals surface area (Å²) in [5, 5.41) is 0. The van der Waals surface area contributed by atoms with Crippen LogP contribution in [0.4, 0.5) is 0 Å². The topological polar surface area (TPSA) is 54.0 Å². The molecule has 0 amide bonds.